The number of para-hydroxylation sites is 1. The van der Waals surface area contributed by atoms with E-state index in [1.807, 2.05) is 11.9 Å². The lowest BCUT2D eigenvalue weighted by Crippen LogP contribution is -2.12. The lowest BCUT2D eigenvalue weighted by atomic mass is 10.1. The fourth-order valence-electron chi connectivity index (χ4n) is 2.08. The zero-order valence-electron chi connectivity index (χ0n) is 10.1. The average Bonchev–Trinajstić information content (AvgIpc) is 2.75. The predicted octanol–water partition coefficient (Wildman–Crippen LogP) is 2.39. The van der Waals surface area contributed by atoms with E-state index in [0.717, 1.165) is 25.1 Å². The van der Waals surface area contributed by atoms with Crippen molar-refractivity contribution in [2.24, 2.45) is 0 Å². The number of nitrogens with zero attached hydrogens (tertiary/aromatic N) is 2. The van der Waals surface area contributed by atoms with Gasteiger partial charge in [-0.2, -0.15) is 0 Å². The largest absolute Gasteiger partial charge is 0.378 e. The fourth-order valence-corrected chi connectivity index (χ4v) is 2.08. The molecule has 0 unspecified atom stereocenters. The quantitative estimate of drug-likeness (QED) is 0.355. The summed E-state index contributed by atoms with van der Waals surface area (Å²) in [6, 6.07) is 6.04. The first-order chi connectivity index (χ1) is 8.59. The number of nitro benzene ring substituents is 1. The van der Waals surface area contributed by atoms with E-state index in [0.29, 0.717) is 0 Å². The maximum Gasteiger partial charge on any atom is 0.280 e. The molecule has 1 aromatic carbocycles. The summed E-state index contributed by atoms with van der Waals surface area (Å²) in [7, 11) is 1.92. The molecule has 5 nitrogen and oxygen atoms in total. The van der Waals surface area contributed by atoms with Crippen molar-refractivity contribution in [3.8, 4) is 0 Å². The van der Waals surface area contributed by atoms with Crippen molar-refractivity contribution in [3.63, 3.8) is 0 Å². The third kappa shape index (κ3) is 2.40. The molecule has 5 heteroatoms. The first-order valence-corrected chi connectivity index (χ1v) is 5.79. The standard InChI is InChI=1S/C13H14N2O3/c1-14-8-4-5-10(14)9-13(16)11-6-2-3-7-12(11)15(17)18/h2-3,6-7,9H,4-5,8H2,1H3. The van der Waals surface area contributed by atoms with E-state index in [9.17, 15) is 14.9 Å². The van der Waals surface area contributed by atoms with Crippen molar-refractivity contribution in [2.75, 3.05) is 13.6 Å². The van der Waals surface area contributed by atoms with E-state index in [2.05, 4.69) is 0 Å². The molecule has 1 aliphatic rings. The van der Waals surface area contributed by atoms with E-state index < -0.39 is 4.92 Å². The molecule has 0 atom stereocenters. The van der Waals surface area contributed by atoms with Gasteiger partial charge < -0.3 is 4.90 Å². The van der Waals surface area contributed by atoms with Crippen LogP contribution >= 0.6 is 0 Å². The number of likely N-dealkylation sites (tertiary alicyclic amines) is 1. The minimum atomic E-state index is -0.524. The molecule has 94 valence electrons. The molecule has 0 N–H and O–H groups in total. The van der Waals surface area contributed by atoms with Crippen LogP contribution in [0.15, 0.2) is 36.0 Å². The van der Waals surface area contributed by atoms with Crippen molar-refractivity contribution < 1.29 is 9.72 Å². The van der Waals surface area contributed by atoms with Gasteiger partial charge in [0.15, 0.2) is 5.78 Å². The van der Waals surface area contributed by atoms with Gasteiger partial charge in [-0.25, -0.2) is 0 Å². The summed E-state index contributed by atoms with van der Waals surface area (Å²) >= 11 is 0. The van der Waals surface area contributed by atoms with Crippen LogP contribution in [0.3, 0.4) is 0 Å². The minimum absolute atomic E-state index is 0.139. The molecule has 0 radical (unpaired) electrons. The summed E-state index contributed by atoms with van der Waals surface area (Å²) in [5.74, 6) is -0.300. The summed E-state index contributed by atoms with van der Waals surface area (Å²) in [4.78, 5) is 24.4. The van der Waals surface area contributed by atoms with Crippen molar-refractivity contribution >= 4 is 11.5 Å². The number of benzene rings is 1. The van der Waals surface area contributed by atoms with Gasteiger partial charge in [0.2, 0.25) is 0 Å². The van der Waals surface area contributed by atoms with Gasteiger partial charge in [-0.3, -0.25) is 14.9 Å². The summed E-state index contributed by atoms with van der Waals surface area (Å²) in [5, 5.41) is 10.8. The number of hydrogen-bond acceptors (Lipinski definition) is 4. The molecule has 0 aromatic heterocycles. The van der Waals surface area contributed by atoms with Crippen molar-refractivity contribution in [1.82, 2.24) is 4.90 Å². The number of carbonyl (C=O) groups is 1. The first kappa shape index (κ1) is 12.3. The predicted molar refractivity (Wildman–Crippen MR) is 67.4 cm³/mol. The van der Waals surface area contributed by atoms with Crippen LogP contribution in [0, 0.1) is 10.1 Å². The summed E-state index contributed by atoms with van der Waals surface area (Å²) in [6.07, 6.45) is 3.38. The lowest BCUT2D eigenvalue weighted by molar-refractivity contribution is -0.385. The zero-order chi connectivity index (χ0) is 13.1. The number of ketones is 1. The normalized spacial score (nSPS) is 17.2. The van der Waals surface area contributed by atoms with Gasteiger partial charge in [-0.15, -0.1) is 0 Å². The number of rotatable bonds is 3. The van der Waals surface area contributed by atoms with Crippen LogP contribution in [0.25, 0.3) is 0 Å². The monoisotopic (exact) mass is 246 g/mol. The Morgan fingerprint density at radius 3 is 2.78 bits per heavy atom. The SMILES string of the molecule is CN1CCCC1=CC(=O)c1ccccc1[N+](=O)[O-]. The van der Waals surface area contributed by atoms with Crippen LogP contribution in [0.1, 0.15) is 23.2 Å². The molecular weight excluding hydrogens is 232 g/mol. The number of allylic oxidation sites excluding steroid dienone is 2. The van der Waals surface area contributed by atoms with Gasteiger partial charge in [0.25, 0.3) is 5.69 Å². The van der Waals surface area contributed by atoms with Crippen LogP contribution in [0.5, 0.6) is 0 Å². The second kappa shape index (κ2) is 5.00. The Bertz CT molecular complexity index is 523. The van der Waals surface area contributed by atoms with E-state index in [4.69, 9.17) is 0 Å². The lowest BCUT2D eigenvalue weighted by Gasteiger charge is -2.11. The van der Waals surface area contributed by atoms with E-state index >= 15 is 0 Å². The van der Waals surface area contributed by atoms with Gasteiger partial charge in [0.05, 0.1) is 10.5 Å². The molecule has 0 saturated carbocycles. The molecule has 1 saturated heterocycles. The van der Waals surface area contributed by atoms with Crippen LogP contribution in [-0.4, -0.2) is 29.2 Å². The Morgan fingerprint density at radius 2 is 2.17 bits per heavy atom. The molecule has 1 fully saturated rings. The Labute approximate surface area is 105 Å². The summed E-state index contributed by atoms with van der Waals surface area (Å²) in [6.45, 7) is 0.927. The fraction of sp³-hybridized carbons (Fsp3) is 0.308. The molecule has 0 bridgehead atoms. The van der Waals surface area contributed by atoms with Gasteiger partial charge in [-0.1, -0.05) is 12.1 Å². The van der Waals surface area contributed by atoms with Gasteiger partial charge in [0, 0.05) is 31.4 Å². The van der Waals surface area contributed by atoms with Crippen molar-refractivity contribution in [1.29, 1.82) is 0 Å². The number of hydrogen-bond donors (Lipinski definition) is 0. The van der Waals surface area contributed by atoms with Gasteiger partial charge in [0.1, 0.15) is 0 Å². The van der Waals surface area contributed by atoms with E-state index in [1.54, 1.807) is 12.1 Å². The maximum absolute atomic E-state index is 12.1. The summed E-state index contributed by atoms with van der Waals surface area (Å²) < 4.78 is 0. The van der Waals surface area contributed by atoms with E-state index in [1.165, 1.54) is 18.2 Å². The third-order valence-electron chi connectivity index (χ3n) is 3.08. The Hall–Kier alpha value is -2.17. The number of nitro groups is 1. The van der Waals surface area contributed by atoms with Crippen LogP contribution in [0.2, 0.25) is 0 Å². The topological polar surface area (TPSA) is 63.5 Å². The highest BCUT2D eigenvalue weighted by Crippen LogP contribution is 2.22. The smallest absolute Gasteiger partial charge is 0.280 e. The molecule has 0 amide bonds. The highest BCUT2D eigenvalue weighted by atomic mass is 16.6. The Kier molecular flexibility index (Phi) is 3.41. The Morgan fingerprint density at radius 1 is 1.44 bits per heavy atom. The second-order valence-electron chi connectivity index (χ2n) is 4.30. The first-order valence-electron chi connectivity index (χ1n) is 5.79. The molecule has 18 heavy (non-hydrogen) atoms. The number of carbonyl (C=O) groups excluding carboxylic acids is 1. The van der Waals surface area contributed by atoms with Crippen LogP contribution in [-0.2, 0) is 0 Å². The highest BCUT2D eigenvalue weighted by Gasteiger charge is 2.20. The highest BCUT2D eigenvalue weighted by molar-refractivity contribution is 6.07. The van der Waals surface area contributed by atoms with Crippen LogP contribution < -0.4 is 0 Å². The molecule has 2 rings (SSSR count). The maximum atomic E-state index is 12.1. The molecule has 1 aliphatic heterocycles. The molecule has 0 aliphatic carbocycles. The van der Waals surface area contributed by atoms with Crippen LogP contribution in [0.4, 0.5) is 5.69 Å². The van der Waals surface area contributed by atoms with Crippen molar-refractivity contribution in [2.45, 2.75) is 12.8 Å². The molecule has 0 spiro atoms. The minimum Gasteiger partial charge on any atom is -0.378 e. The molecule has 1 aromatic rings. The molecular formula is C13H14N2O3. The van der Waals surface area contributed by atoms with Crippen molar-refractivity contribution in [3.05, 3.63) is 51.7 Å². The third-order valence-corrected chi connectivity index (χ3v) is 3.08. The van der Waals surface area contributed by atoms with Gasteiger partial charge in [-0.05, 0) is 18.9 Å². The Balaban J connectivity index is 2.32. The average molecular weight is 246 g/mol. The summed E-state index contributed by atoms with van der Waals surface area (Å²) in [5.41, 5.74) is 0.952. The second-order valence-corrected chi connectivity index (χ2v) is 4.30. The zero-order valence-corrected chi connectivity index (χ0v) is 10.1. The molecule has 1 heterocycles. The van der Waals surface area contributed by atoms with E-state index in [-0.39, 0.29) is 17.0 Å². The van der Waals surface area contributed by atoms with Gasteiger partial charge >= 0.3 is 0 Å².